The monoisotopic (exact) mass is 416 g/mol. The van der Waals surface area contributed by atoms with E-state index in [-0.39, 0.29) is 17.3 Å². The minimum absolute atomic E-state index is 0.143. The molecular weight excluding hydrogens is 396 g/mol. The predicted molar refractivity (Wildman–Crippen MR) is 106 cm³/mol. The van der Waals surface area contributed by atoms with Gasteiger partial charge in [-0.25, -0.2) is 14.3 Å². The average molecular weight is 417 g/mol. The molecule has 2 aromatic heterocycles. The molecule has 3 rings (SSSR count). The molecule has 2 heterocycles. The molecular formula is C21H21ClN2O5. The van der Waals surface area contributed by atoms with Gasteiger partial charge in [0.25, 0.3) is 0 Å². The number of hydrogen-bond acceptors (Lipinski definition) is 6. The first-order chi connectivity index (χ1) is 13.8. The van der Waals surface area contributed by atoms with Crippen molar-refractivity contribution in [2.24, 2.45) is 0 Å². The standard InChI is InChI=1S/C21H21ClN2O5/c1-12-5-7-15(8-6-12)10-24-19(22)18(13(2)23-24)21(26)28-11-16-9-17(14(3)29-16)20(25)27-4/h5-9H,10-11H2,1-4H3. The van der Waals surface area contributed by atoms with E-state index in [1.165, 1.54) is 13.2 Å². The Morgan fingerprint density at radius 3 is 2.48 bits per heavy atom. The Kier molecular flexibility index (Phi) is 6.08. The van der Waals surface area contributed by atoms with E-state index >= 15 is 0 Å². The molecule has 3 aromatic rings. The van der Waals surface area contributed by atoms with Gasteiger partial charge in [-0.15, -0.1) is 0 Å². The van der Waals surface area contributed by atoms with Crippen LogP contribution in [0.25, 0.3) is 0 Å². The third-order valence-electron chi connectivity index (χ3n) is 4.44. The number of nitrogens with zero attached hydrogens (tertiary/aromatic N) is 2. The second-order valence-corrected chi connectivity index (χ2v) is 7.00. The summed E-state index contributed by atoms with van der Waals surface area (Å²) in [6, 6.07) is 9.47. The van der Waals surface area contributed by atoms with E-state index in [1.807, 2.05) is 31.2 Å². The largest absolute Gasteiger partial charge is 0.465 e. The molecule has 0 radical (unpaired) electrons. The van der Waals surface area contributed by atoms with Crippen LogP contribution in [0.5, 0.6) is 0 Å². The minimum atomic E-state index is -0.615. The zero-order chi connectivity index (χ0) is 21.1. The molecule has 0 aliphatic rings. The Bertz CT molecular complexity index is 1050. The van der Waals surface area contributed by atoms with Crippen LogP contribution >= 0.6 is 11.6 Å². The number of ether oxygens (including phenoxy) is 2. The first kappa shape index (κ1) is 20.7. The fourth-order valence-corrected chi connectivity index (χ4v) is 3.20. The lowest BCUT2D eigenvalue weighted by molar-refractivity contribution is 0.0443. The van der Waals surface area contributed by atoms with Crippen molar-refractivity contribution < 1.29 is 23.5 Å². The Balaban J connectivity index is 1.72. The summed E-state index contributed by atoms with van der Waals surface area (Å²) in [6.07, 6.45) is 0. The van der Waals surface area contributed by atoms with Gasteiger partial charge in [0.2, 0.25) is 0 Å². The molecule has 152 valence electrons. The molecule has 1 aromatic carbocycles. The van der Waals surface area contributed by atoms with Crippen LogP contribution in [0, 0.1) is 20.8 Å². The number of esters is 2. The normalized spacial score (nSPS) is 10.8. The average Bonchev–Trinajstić information content (AvgIpc) is 3.20. The van der Waals surface area contributed by atoms with Gasteiger partial charge in [-0.3, -0.25) is 0 Å². The molecule has 0 N–H and O–H groups in total. The van der Waals surface area contributed by atoms with E-state index in [1.54, 1.807) is 18.5 Å². The third kappa shape index (κ3) is 4.51. The SMILES string of the molecule is COC(=O)c1cc(COC(=O)c2c(C)nn(Cc3ccc(C)cc3)c2Cl)oc1C. The van der Waals surface area contributed by atoms with Gasteiger partial charge in [0.1, 0.15) is 34.4 Å². The maximum atomic E-state index is 12.6. The lowest BCUT2D eigenvalue weighted by atomic mass is 10.1. The van der Waals surface area contributed by atoms with Gasteiger partial charge in [-0.05, 0) is 32.4 Å². The number of aromatic nitrogens is 2. The molecule has 8 heteroatoms. The maximum absolute atomic E-state index is 12.6. The number of hydrogen-bond donors (Lipinski definition) is 0. The zero-order valence-corrected chi connectivity index (χ0v) is 17.4. The smallest absolute Gasteiger partial charge is 0.343 e. The number of benzene rings is 1. The molecule has 0 unspecified atom stereocenters. The van der Waals surface area contributed by atoms with Crippen molar-refractivity contribution >= 4 is 23.5 Å². The van der Waals surface area contributed by atoms with Crippen molar-refractivity contribution in [3.63, 3.8) is 0 Å². The highest BCUT2D eigenvalue weighted by atomic mass is 35.5. The van der Waals surface area contributed by atoms with Crippen molar-refractivity contribution in [2.45, 2.75) is 33.9 Å². The predicted octanol–water partition coefficient (Wildman–Crippen LogP) is 4.25. The van der Waals surface area contributed by atoms with Crippen LogP contribution in [0.1, 0.15) is 49.1 Å². The van der Waals surface area contributed by atoms with E-state index in [0.717, 1.165) is 11.1 Å². The van der Waals surface area contributed by atoms with Crippen LogP contribution < -0.4 is 0 Å². The molecule has 7 nitrogen and oxygen atoms in total. The number of rotatable bonds is 6. The fourth-order valence-electron chi connectivity index (χ4n) is 2.89. The van der Waals surface area contributed by atoms with E-state index < -0.39 is 11.9 Å². The summed E-state index contributed by atoms with van der Waals surface area (Å²) in [6.45, 7) is 5.63. The van der Waals surface area contributed by atoms with Crippen LogP contribution in [-0.4, -0.2) is 28.8 Å². The van der Waals surface area contributed by atoms with Gasteiger partial charge in [0.15, 0.2) is 0 Å². The van der Waals surface area contributed by atoms with E-state index in [0.29, 0.717) is 29.3 Å². The lowest BCUT2D eigenvalue weighted by Gasteiger charge is -2.05. The van der Waals surface area contributed by atoms with E-state index in [2.05, 4.69) is 9.84 Å². The van der Waals surface area contributed by atoms with Crippen LogP contribution in [0.2, 0.25) is 5.15 Å². The highest BCUT2D eigenvalue weighted by Gasteiger charge is 2.23. The van der Waals surface area contributed by atoms with Crippen LogP contribution in [-0.2, 0) is 22.6 Å². The second-order valence-electron chi connectivity index (χ2n) is 6.64. The second kappa shape index (κ2) is 8.53. The van der Waals surface area contributed by atoms with Gasteiger partial charge in [-0.1, -0.05) is 41.4 Å². The van der Waals surface area contributed by atoms with Crippen LogP contribution in [0.3, 0.4) is 0 Å². The Morgan fingerprint density at radius 2 is 1.83 bits per heavy atom. The number of halogens is 1. The number of methoxy groups -OCH3 is 1. The lowest BCUT2D eigenvalue weighted by Crippen LogP contribution is -2.07. The van der Waals surface area contributed by atoms with Crippen molar-refractivity contribution in [1.82, 2.24) is 9.78 Å². The topological polar surface area (TPSA) is 83.6 Å². The summed E-state index contributed by atoms with van der Waals surface area (Å²) in [4.78, 5) is 24.2. The summed E-state index contributed by atoms with van der Waals surface area (Å²) in [5.74, 6) is -0.406. The fraction of sp³-hybridized carbons (Fsp3) is 0.286. The third-order valence-corrected chi connectivity index (χ3v) is 4.83. The summed E-state index contributed by atoms with van der Waals surface area (Å²) in [7, 11) is 1.29. The summed E-state index contributed by atoms with van der Waals surface area (Å²) in [5, 5.41) is 4.56. The highest BCUT2D eigenvalue weighted by Crippen LogP contribution is 2.23. The van der Waals surface area contributed by atoms with Crippen molar-refractivity contribution in [1.29, 1.82) is 0 Å². The number of furan rings is 1. The van der Waals surface area contributed by atoms with Gasteiger partial charge in [0.05, 0.1) is 19.3 Å². The first-order valence-corrected chi connectivity index (χ1v) is 9.31. The maximum Gasteiger partial charge on any atom is 0.343 e. The molecule has 0 fully saturated rings. The number of carbonyl (C=O) groups excluding carboxylic acids is 2. The van der Waals surface area contributed by atoms with Crippen molar-refractivity contribution in [3.05, 3.63) is 75.0 Å². The molecule has 0 saturated carbocycles. The molecule has 0 amide bonds. The van der Waals surface area contributed by atoms with Crippen molar-refractivity contribution in [3.8, 4) is 0 Å². The first-order valence-electron chi connectivity index (χ1n) is 8.93. The molecule has 0 aliphatic heterocycles. The minimum Gasteiger partial charge on any atom is -0.465 e. The zero-order valence-electron chi connectivity index (χ0n) is 16.6. The highest BCUT2D eigenvalue weighted by molar-refractivity contribution is 6.32. The van der Waals surface area contributed by atoms with Gasteiger partial charge < -0.3 is 13.9 Å². The van der Waals surface area contributed by atoms with Gasteiger partial charge >= 0.3 is 11.9 Å². The van der Waals surface area contributed by atoms with Crippen LogP contribution in [0.15, 0.2) is 34.7 Å². The molecule has 0 bridgehead atoms. The van der Waals surface area contributed by atoms with E-state index in [4.69, 9.17) is 20.8 Å². The quantitative estimate of drug-likeness (QED) is 0.558. The number of carbonyl (C=O) groups is 2. The molecule has 0 saturated heterocycles. The molecule has 0 spiro atoms. The molecule has 0 aliphatic carbocycles. The Morgan fingerprint density at radius 1 is 1.14 bits per heavy atom. The Hall–Kier alpha value is -3.06. The van der Waals surface area contributed by atoms with Gasteiger partial charge in [0, 0.05) is 0 Å². The summed E-state index contributed by atoms with van der Waals surface area (Å²) in [5.41, 5.74) is 3.14. The summed E-state index contributed by atoms with van der Waals surface area (Å²) >= 11 is 6.39. The Labute approximate surface area is 173 Å². The number of aryl methyl sites for hydroxylation is 3. The summed E-state index contributed by atoms with van der Waals surface area (Å²) < 4.78 is 17.0. The van der Waals surface area contributed by atoms with Gasteiger partial charge in [-0.2, -0.15) is 5.10 Å². The molecule has 29 heavy (non-hydrogen) atoms. The van der Waals surface area contributed by atoms with Crippen LogP contribution in [0.4, 0.5) is 0 Å². The van der Waals surface area contributed by atoms with Crippen molar-refractivity contribution in [2.75, 3.05) is 7.11 Å². The molecule has 0 atom stereocenters. The van der Waals surface area contributed by atoms with E-state index in [9.17, 15) is 9.59 Å².